The summed E-state index contributed by atoms with van der Waals surface area (Å²) in [5, 5.41) is 5.40. The number of carbonyl (C=O) groups is 4. The number of piperazine rings is 1. The highest BCUT2D eigenvalue weighted by Gasteiger charge is 2.50. The Morgan fingerprint density at radius 1 is 0.736 bits per heavy atom. The van der Waals surface area contributed by atoms with E-state index >= 15 is 0 Å². The quantitative estimate of drug-likeness (QED) is 0.0701. The van der Waals surface area contributed by atoms with Gasteiger partial charge < -0.3 is 38.7 Å². The third-order valence-corrected chi connectivity index (χ3v) is 18.2. The number of fused-ring (bicyclic) bond motifs is 1. The minimum atomic E-state index is -3.05. The Balaban J connectivity index is 1.10. The molecule has 1 fully saturated rings. The highest BCUT2D eigenvalue weighted by atomic mass is 28.4. The van der Waals surface area contributed by atoms with Gasteiger partial charge >= 0.3 is 6.09 Å². The second-order valence-electron chi connectivity index (χ2n) is 20.7. The largest absolute Gasteiger partial charge is 0.495 e. The molecule has 2 heterocycles. The number of aromatic nitrogens is 1. The van der Waals surface area contributed by atoms with Crippen molar-refractivity contribution < 1.29 is 37.8 Å². The van der Waals surface area contributed by atoms with Gasteiger partial charge in [-0.25, -0.2) is 9.36 Å². The average molecular weight is 994 g/mol. The second kappa shape index (κ2) is 22.8. The molecule has 1 aromatic heterocycles. The van der Waals surface area contributed by atoms with Crippen LogP contribution >= 0.6 is 0 Å². The van der Waals surface area contributed by atoms with Crippen LogP contribution in [0.1, 0.15) is 99.2 Å². The number of aryl methyl sites for hydroxylation is 1. The highest BCUT2D eigenvalue weighted by molar-refractivity contribution is 6.99. The number of nitrogens with one attached hydrogen (secondary N) is 1. The van der Waals surface area contributed by atoms with E-state index in [1.165, 1.54) is 11.7 Å². The number of unbranched alkanes of at least 4 members (excludes halogenated alkanes) is 2. The molecule has 0 atom stereocenters. The van der Waals surface area contributed by atoms with Crippen LogP contribution in [0.2, 0.25) is 5.04 Å². The number of nitrogens with zero attached hydrogens (tertiary/aromatic N) is 4. The number of hydrogen-bond acceptors (Lipinski definition) is 9. The van der Waals surface area contributed by atoms with Gasteiger partial charge in [-0.2, -0.15) is 0 Å². The Labute approximate surface area is 426 Å². The fraction of sp³-hybridized carbons (Fsp3) is 0.379. The Morgan fingerprint density at radius 2 is 1.40 bits per heavy atom. The molecule has 1 N–H and O–H groups in total. The molecule has 380 valence electrons. The van der Waals surface area contributed by atoms with E-state index in [4.69, 9.17) is 18.6 Å². The molecule has 0 radical (unpaired) electrons. The first kappa shape index (κ1) is 53.1. The first-order valence-corrected chi connectivity index (χ1v) is 26.8. The smallest absolute Gasteiger partial charge is 0.419 e. The van der Waals surface area contributed by atoms with Crippen molar-refractivity contribution in [3.8, 4) is 11.5 Å². The molecule has 7 rings (SSSR count). The van der Waals surface area contributed by atoms with Gasteiger partial charge in [0.2, 0.25) is 5.91 Å². The van der Waals surface area contributed by atoms with Crippen LogP contribution in [0.3, 0.4) is 0 Å². The Bertz CT molecular complexity index is 2820. The number of hydrogen-bond donors (Lipinski definition) is 1. The van der Waals surface area contributed by atoms with Gasteiger partial charge in [-0.1, -0.05) is 93.6 Å². The Kier molecular flexibility index (Phi) is 16.8. The molecule has 14 heteroatoms. The minimum absolute atomic E-state index is 0.0526. The zero-order valence-corrected chi connectivity index (χ0v) is 44.7. The van der Waals surface area contributed by atoms with Crippen LogP contribution in [0.4, 0.5) is 16.2 Å². The first-order valence-electron chi connectivity index (χ1n) is 24.9. The van der Waals surface area contributed by atoms with E-state index in [1.54, 1.807) is 48.3 Å². The molecule has 72 heavy (non-hydrogen) atoms. The molecule has 0 saturated carbocycles. The number of benzene rings is 5. The van der Waals surface area contributed by atoms with Crippen molar-refractivity contribution >= 4 is 64.8 Å². The molecule has 1 aliphatic heterocycles. The summed E-state index contributed by atoms with van der Waals surface area (Å²) in [6.45, 7) is 17.9. The van der Waals surface area contributed by atoms with Crippen LogP contribution in [0.15, 0.2) is 121 Å². The van der Waals surface area contributed by atoms with Gasteiger partial charge in [0.05, 0.1) is 42.9 Å². The van der Waals surface area contributed by atoms with Crippen molar-refractivity contribution in [1.82, 2.24) is 14.4 Å². The molecular weight excluding hydrogens is 923 g/mol. The fourth-order valence-electron chi connectivity index (χ4n) is 9.44. The maximum absolute atomic E-state index is 14.4. The van der Waals surface area contributed by atoms with Crippen molar-refractivity contribution in [2.75, 3.05) is 64.2 Å². The molecule has 0 bridgehead atoms. The molecule has 0 spiro atoms. The van der Waals surface area contributed by atoms with Crippen molar-refractivity contribution in [2.45, 2.75) is 91.4 Å². The van der Waals surface area contributed by atoms with Gasteiger partial charge in [0.15, 0.2) is 0 Å². The molecule has 3 amide bonds. The van der Waals surface area contributed by atoms with Gasteiger partial charge in [0.1, 0.15) is 17.1 Å². The van der Waals surface area contributed by atoms with Gasteiger partial charge in [0, 0.05) is 56.2 Å². The van der Waals surface area contributed by atoms with Gasteiger partial charge in [-0.3, -0.25) is 14.4 Å². The fourth-order valence-corrected chi connectivity index (χ4v) is 14.0. The molecule has 6 aromatic rings. The Morgan fingerprint density at radius 3 is 2.03 bits per heavy atom. The lowest BCUT2D eigenvalue weighted by Crippen LogP contribution is -2.66. The van der Waals surface area contributed by atoms with E-state index in [1.807, 2.05) is 93.3 Å². The van der Waals surface area contributed by atoms with Gasteiger partial charge in [-0.05, 0) is 124 Å². The number of likely N-dealkylation sites (N-methyl/N-ethyl adjacent to an activating group) is 1. The maximum atomic E-state index is 14.4. The van der Waals surface area contributed by atoms with Crippen LogP contribution in [0, 0.1) is 6.92 Å². The lowest BCUT2D eigenvalue weighted by Gasteiger charge is -2.43. The second-order valence-corrected chi connectivity index (χ2v) is 25.0. The van der Waals surface area contributed by atoms with E-state index in [0.29, 0.717) is 57.9 Å². The van der Waals surface area contributed by atoms with E-state index in [9.17, 15) is 19.2 Å². The predicted molar refractivity (Wildman–Crippen MR) is 289 cm³/mol. The highest BCUT2D eigenvalue weighted by Crippen LogP contribution is 2.39. The number of rotatable bonds is 17. The molecule has 1 aliphatic rings. The summed E-state index contributed by atoms with van der Waals surface area (Å²) in [7, 11) is 2.21. The van der Waals surface area contributed by atoms with E-state index in [0.717, 1.165) is 61.4 Å². The van der Waals surface area contributed by atoms with Crippen LogP contribution in [-0.4, -0.2) is 106 Å². The zero-order chi connectivity index (χ0) is 51.8. The first-order chi connectivity index (χ1) is 34.3. The molecule has 0 aliphatic carbocycles. The van der Waals surface area contributed by atoms with E-state index in [2.05, 4.69) is 62.3 Å². The van der Waals surface area contributed by atoms with Gasteiger partial charge in [-0.15, -0.1) is 0 Å². The van der Waals surface area contributed by atoms with Crippen molar-refractivity contribution in [2.24, 2.45) is 0 Å². The summed E-state index contributed by atoms with van der Waals surface area (Å²) in [5.74, 6) is 0.336. The Hall–Kier alpha value is -6.74. The lowest BCUT2D eigenvalue weighted by atomic mass is 10.1. The normalized spacial score (nSPS) is 13.4. The summed E-state index contributed by atoms with van der Waals surface area (Å²) >= 11 is 0. The van der Waals surface area contributed by atoms with Crippen molar-refractivity contribution in [1.29, 1.82) is 0 Å². The van der Waals surface area contributed by atoms with Crippen LogP contribution in [0.25, 0.3) is 10.9 Å². The molecule has 0 unspecified atom stereocenters. The summed E-state index contributed by atoms with van der Waals surface area (Å²) in [6.07, 6.45) is 2.36. The summed E-state index contributed by atoms with van der Waals surface area (Å²) in [4.78, 5) is 61.2. The lowest BCUT2D eigenvalue weighted by molar-refractivity contribution is -0.132. The summed E-state index contributed by atoms with van der Waals surface area (Å²) in [5.41, 5.74) is 2.82. The maximum Gasteiger partial charge on any atom is 0.419 e. The van der Waals surface area contributed by atoms with Gasteiger partial charge in [0.25, 0.3) is 20.1 Å². The third kappa shape index (κ3) is 12.1. The molecule has 5 aromatic carbocycles. The topological polar surface area (TPSA) is 132 Å². The minimum Gasteiger partial charge on any atom is -0.495 e. The number of carbonyl (C=O) groups excluding carboxylic acids is 4. The van der Waals surface area contributed by atoms with E-state index < -0.39 is 25.9 Å². The standard InChI is InChI=1S/C58H71N5O8Si/c1-41-28-31-50(52(37-41)69-36-19-13-18-27-53(64)62-34-32-60(8)33-35-62)61(9)55(66)42-29-30-48(51(38-42)68-10)59-54(65)46-25-20-26-49-47(46)39-43(63(49)56(67)71-57(2,3)4)40-70-72(58(5,6)7,44-21-14-11-15-22-44)45-23-16-12-17-24-45/h11-12,14-17,20-26,28-31,37-39H,13,18-19,27,32-36,40H2,1-10H3,(H,59,65). The molecular formula is C58H71N5O8Si. The number of amides is 3. The predicted octanol–water partition coefficient (Wildman–Crippen LogP) is 10.1. The monoisotopic (exact) mass is 994 g/mol. The molecule has 13 nitrogen and oxygen atoms in total. The average Bonchev–Trinajstić information content (AvgIpc) is 3.74. The zero-order valence-electron chi connectivity index (χ0n) is 43.7. The third-order valence-electron chi connectivity index (χ3n) is 13.2. The van der Waals surface area contributed by atoms with Crippen molar-refractivity contribution in [3.63, 3.8) is 0 Å². The summed E-state index contributed by atoms with van der Waals surface area (Å²) in [6, 6.07) is 38.3. The number of ether oxygens (including phenoxy) is 3. The summed E-state index contributed by atoms with van der Waals surface area (Å²) < 4.78 is 26.8. The number of anilines is 2. The SMILES string of the molecule is COc1cc(C(=O)N(C)c2ccc(C)cc2OCCCCCC(=O)N2CCN(C)CC2)ccc1NC(=O)c1cccc2c1cc(CO[Si](c1ccccc1)(c1ccccc1)C(C)(C)C)n2C(=O)OC(C)(C)C. The van der Waals surface area contributed by atoms with Crippen LogP contribution in [0.5, 0.6) is 11.5 Å². The number of methoxy groups -OCH3 is 1. The van der Waals surface area contributed by atoms with E-state index in [-0.39, 0.29) is 29.2 Å². The molecule has 1 saturated heterocycles. The van der Waals surface area contributed by atoms with Crippen LogP contribution < -0.4 is 30.1 Å². The van der Waals surface area contributed by atoms with Crippen molar-refractivity contribution in [3.05, 3.63) is 144 Å². The van der Waals surface area contributed by atoms with Crippen LogP contribution in [-0.2, 0) is 20.6 Å².